The molecule has 14 heteroatoms. The summed E-state index contributed by atoms with van der Waals surface area (Å²) in [6.45, 7) is 6.20. The molecule has 11 nitrogen and oxygen atoms in total. The normalized spacial score (nSPS) is 12.0. The first-order chi connectivity index (χ1) is 14.1. The molecule has 0 amide bonds. The second-order valence-electron chi connectivity index (χ2n) is 7.45. The summed E-state index contributed by atoms with van der Waals surface area (Å²) < 4.78 is 64.6. The third kappa shape index (κ3) is 52.2. The Morgan fingerprint density at radius 2 is 1.19 bits per heavy atom. The van der Waals surface area contributed by atoms with E-state index in [-0.39, 0.29) is 36.2 Å². The van der Waals surface area contributed by atoms with Crippen LogP contribution in [0.25, 0.3) is 0 Å². The fourth-order valence-electron chi connectivity index (χ4n) is 2.36. The molecule has 0 bridgehead atoms. The number of aliphatic carboxylic acids is 1. The van der Waals surface area contributed by atoms with Crippen LogP contribution in [0.1, 0.15) is 91.4 Å². The van der Waals surface area contributed by atoms with E-state index in [1.807, 2.05) is 13.8 Å². The number of hydrogen-bond acceptors (Lipinski definition) is 7. The molecule has 0 heterocycles. The van der Waals surface area contributed by atoms with E-state index >= 15 is 0 Å². The number of unbranched alkanes of at least 4 members (excludes halogenated alkanes) is 9. The van der Waals surface area contributed by atoms with Crippen molar-refractivity contribution in [1.82, 2.24) is 0 Å². The fraction of sp³-hybridized carbons (Fsp3) is 0.944. The molecule has 192 valence electrons. The van der Waals surface area contributed by atoms with Gasteiger partial charge in [0.05, 0.1) is 6.61 Å². The van der Waals surface area contributed by atoms with Gasteiger partial charge in [0.1, 0.15) is 6.04 Å². The van der Waals surface area contributed by atoms with Gasteiger partial charge in [-0.15, -0.1) is 0 Å². The predicted molar refractivity (Wildman–Crippen MR) is 126 cm³/mol. The van der Waals surface area contributed by atoms with E-state index in [9.17, 15) is 13.2 Å². The summed E-state index contributed by atoms with van der Waals surface area (Å²) in [6, 6.07) is -0.690. The number of hydrogen-bond donors (Lipinski definition) is 5. The molecule has 0 saturated heterocycles. The summed E-state index contributed by atoms with van der Waals surface area (Å²) in [5, 5.41) is 8.31. The number of rotatable bonds is 15. The van der Waals surface area contributed by atoms with Crippen molar-refractivity contribution in [2.24, 2.45) is 11.7 Å². The van der Waals surface area contributed by atoms with E-state index < -0.39 is 32.8 Å². The maximum absolute atomic E-state index is 10.2. The molecule has 0 fully saturated rings. The molecular formula is C18H42NNaO10S2. The van der Waals surface area contributed by atoms with E-state index in [2.05, 4.69) is 11.1 Å². The Hall–Kier alpha value is 0.170. The summed E-state index contributed by atoms with van der Waals surface area (Å²) >= 11 is 0. The fourth-order valence-corrected chi connectivity index (χ4v) is 2.69. The SMILES string of the molecule is CC(C)CC(N)C(=O)O.CCCCCCCCCCCCOS(=O)(=O)O.O=S(=O)(O)O.[NaH]. The summed E-state index contributed by atoms with van der Waals surface area (Å²) in [4.78, 5) is 10.1. The van der Waals surface area contributed by atoms with Crippen molar-refractivity contribution < 1.29 is 44.6 Å². The second kappa shape index (κ2) is 24.3. The molecule has 0 saturated carbocycles. The Balaban J connectivity index is -0.000000219. The van der Waals surface area contributed by atoms with Crippen molar-refractivity contribution in [1.29, 1.82) is 0 Å². The third-order valence-corrected chi connectivity index (χ3v) is 4.24. The van der Waals surface area contributed by atoms with Crippen LogP contribution in [0.5, 0.6) is 0 Å². The zero-order chi connectivity index (χ0) is 24.9. The molecule has 0 aliphatic rings. The maximum atomic E-state index is 10.2. The Morgan fingerprint density at radius 3 is 1.44 bits per heavy atom. The molecule has 1 unspecified atom stereocenters. The Morgan fingerprint density at radius 1 is 0.844 bits per heavy atom. The topological polar surface area (TPSA) is 202 Å². The first kappa shape index (κ1) is 39.4. The van der Waals surface area contributed by atoms with E-state index in [0.717, 1.165) is 12.8 Å². The van der Waals surface area contributed by atoms with Gasteiger partial charge in [0, 0.05) is 0 Å². The molecule has 0 aliphatic heterocycles. The zero-order valence-corrected chi connectivity index (χ0v) is 20.4. The predicted octanol–water partition coefficient (Wildman–Crippen LogP) is 2.87. The molecule has 0 spiro atoms. The van der Waals surface area contributed by atoms with E-state index in [1.165, 1.54) is 44.9 Å². The van der Waals surface area contributed by atoms with Gasteiger partial charge < -0.3 is 10.8 Å². The van der Waals surface area contributed by atoms with Crippen molar-refractivity contribution in [2.45, 2.75) is 97.4 Å². The van der Waals surface area contributed by atoms with Gasteiger partial charge in [0.2, 0.25) is 0 Å². The number of carboxylic acids is 1. The molecule has 0 aromatic heterocycles. The van der Waals surface area contributed by atoms with Crippen molar-refractivity contribution in [3.8, 4) is 0 Å². The first-order valence-electron chi connectivity index (χ1n) is 10.4. The average molecular weight is 520 g/mol. The summed E-state index contributed by atoms with van der Waals surface area (Å²) in [6.07, 6.45) is 12.4. The number of carboxylic acid groups (broad SMARTS) is 1. The van der Waals surface area contributed by atoms with Gasteiger partial charge in [-0.25, -0.2) is 4.18 Å². The van der Waals surface area contributed by atoms with E-state index in [4.69, 9.17) is 32.9 Å². The van der Waals surface area contributed by atoms with Crippen LogP contribution in [0.15, 0.2) is 0 Å². The third-order valence-electron chi connectivity index (χ3n) is 3.77. The van der Waals surface area contributed by atoms with Gasteiger partial charge in [-0.1, -0.05) is 78.6 Å². The van der Waals surface area contributed by atoms with E-state index in [0.29, 0.717) is 18.8 Å². The Labute approximate surface area is 215 Å². The molecule has 0 aromatic rings. The van der Waals surface area contributed by atoms with Crippen LogP contribution >= 0.6 is 0 Å². The van der Waals surface area contributed by atoms with Gasteiger partial charge in [-0.2, -0.15) is 16.8 Å². The summed E-state index contributed by atoms with van der Waals surface area (Å²) in [7, 11) is -8.90. The van der Waals surface area contributed by atoms with Crippen molar-refractivity contribution in [3.05, 3.63) is 0 Å². The van der Waals surface area contributed by atoms with Crippen LogP contribution in [0.2, 0.25) is 0 Å². The van der Waals surface area contributed by atoms with Gasteiger partial charge >= 0.3 is 56.3 Å². The molecule has 0 rings (SSSR count). The average Bonchev–Trinajstić information content (AvgIpc) is 2.57. The van der Waals surface area contributed by atoms with Gasteiger partial charge in [0.15, 0.2) is 0 Å². The van der Waals surface area contributed by atoms with Crippen LogP contribution in [-0.4, -0.2) is 83.8 Å². The second-order valence-corrected chi connectivity index (χ2v) is 9.44. The van der Waals surface area contributed by atoms with E-state index in [1.54, 1.807) is 0 Å². The molecule has 0 aromatic carbocycles. The number of nitrogens with two attached hydrogens (primary N) is 1. The molecular weight excluding hydrogens is 477 g/mol. The molecule has 0 radical (unpaired) electrons. The summed E-state index contributed by atoms with van der Waals surface area (Å²) in [5.74, 6) is -0.556. The number of carbonyl (C=O) groups is 1. The van der Waals surface area contributed by atoms with Gasteiger partial charge in [-0.3, -0.25) is 18.5 Å². The van der Waals surface area contributed by atoms with Crippen LogP contribution in [0.3, 0.4) is 0 Å². The van der Waals surface area contributed by atoms with Crippen LogP contribution in [-0.2, 0) is 29.8 Å². The molecule has 1 atom stereocenters. The minimum absolute atomic E-state index is 0. The van der Waals surface area contributed by atoms with Crippen molar-refractivity contribution in [2.75, 3.05) is 6.61 Å². The molecule has 6 N–H and O–H groups in total. The van der Waals surface area contributed by atoms with Crippen LogP contribution in [0, 0.1) is 5.92 Å². The molecule has 32 heavy (non-hydrogen) atoms. The quantitative estimate of drug-likeness (QED) is 0.121. The zero-order valence-electron chi connectivity index (χ0n) is 18.8. The standard InChI is InChI=1S/C12H26O4S.C6H13NO2.Na.H2O4S.H/c1-2-3-4-5-6-7-8-9-10-11-12-16-17(13,14)15;1-4(2)3-5(7)6(8)9;;1-5(2,3)4;/h2-12H2,1H3,(H,13,14,15);4-5H,3,7H2,1-2H3,(H,8,9);;(H2,1,2,3,4);. The Kier molecular flexibility index (Phi) is 29.9. The van der Waals surface area contributed by atoms with Crippen LogP contribution in [0.4, 0.5) is 0 Å². The minimum atomic E-state index is -4.67. The monoisotopic (exact) mass is 519 g/mol. The summed E-state index contributed by atoms with van der Waals surface area (Å²) in [5.41, 5.74) is 5.22. The van der Waals surface area contributed by atoms with Crippen LogP contribution < -0.4 is 5.73 Å². The van der Waals surface area contributed by atoms with Crippen molar-refractivity contribution in [3.63, 3.8) is 0 Å². The van der Waals surface area contributed by atoms with Gasteiger partial charge in [0.25, 0.3) is 0 Å². The molecule has 0 aliphatic carbocycles. The van der Waals surface area contributed by atoms with Gasteiger partial charge in [-0.05, 0) is 18.8 Å². The first-order valence-corrected chi connectivity index (χ1v) is 13.2. The van der Waals surface area contributed by atoms with Crippen molar-refractivity contribution >= 4 is 56.3 Å². The Bertz CT molecular complexity index is 620.